The summed E-state index contributed by atoms with van der Waals surface area (Å²) in [6, 6.07) is 11.1. The lowest BCUT2D eigenvalue weighted by atomic mass is 10.2. The molecule has 4 aromatic rings. The normalized spacial score (nSPS) is 11.0. The van der Waals surface area contributed by atoms with Crippen molar-refractivity contribution in [1.29, 1.82) is 0 Å². The minimum atomic E-state index is -0.126. The minimum Gasteiger partial charge on any atom is -0.494 e. The molecule has 8 nitrogen and oxygen atoms in total. The SMILES string of the molecule is CCOc1ccc(NC(=O)CSc2nnc(-c3sc4ncccc4c3N)n2C)cc1. The standard InChI is InChI=1S/C20H20N6O2S2/c1-3-28-13-8-6-12(7-9-13)23-15(27)11-29-20-25-24-18(26(20)2)17-16(21)14-5-4-10-22-19(14)30-17/h4-10H,3,11,21H2,1-2H3,(H,23,27). The van der Waals surface area contributed by atoms with Gasteiger partial charge in [0.2, 0.25) is 5.91 Å². The second kappa shape index (κ2) is 8.72. The smallest absolute Gasteiger partial charge is 0.234 e. The maximum Gasteiger partial charge on any atom is 0.234 e. The number of anilines is 2. The molecule has 4 rings (SSSR count). The molecule has 0 saturated carbocycles. The summed E-state index contributed by atoms with van der Waals surface area (Å²) in [6.45, 7) is 2.53. The van der Waals surface area contributed by atoms with Crippen LogP contribution in [0, 0.1) is 0 Å². The highest BCUT2D eigenvalue weighted by molar-refractivity contribution is 7.99. The maximum absolute atomic E-state index is 12.3. The molecule has 0 aliphatic heterocycles. The number of carbonyl (C=O) groups is 1. The van der Waals surface area contributed by atoms with Gasteiger partial charge in [-0.15, -0.1) is 21.5 Å². The van der Waals surface area contributed by atoms with Crippen molar-refractivity contribution in [2.45, 2.75) is 12.1 Å². The fourth-order valence-electron chi connectivity index (χ4n) is 2.88. The Morgan fingerprint density at radius 3 is 2.80 bits per heavy atom. The van der Waals surface area contributed by atoms with Crippen molar-refractivity contribution >= 4 is 50.6 Å². The number of pyridine rings is 1. The van der Waals surface area contributed by atoms with Crippen LogP contribution in [0.5, 0.6) is 5.75 Å². The summed E-state index contributed by atoms with van der Waals surface area (Å²) in [5, 5.41) is 12.9. The Morgan fingerprint density at radius 2 is 2.07 bits per heavy atom. The van der Waals surface area contributed by atoms with E-state index in [1.54, 1.807) is 6.20 Å². The highest BCUT2D eigenvalue weighted by Gasteiger charge is 2.19. The van der Waals surface area contributed by atoms with Crippen LogP contribution in [0.2, 0.25) is 0 Å². The van der Waals surface area contributed by atoms with E-state index in [4.69, 9.17) is 10.5 Å². The first-order chi connectivity index (χ1) is 14.6. The highest BCUT2D eigenvalue weighted by atomic mass is 32.2. The lowest BCUT2D eigenvalue weighted by Gasteiger charge is -2.07. The van der Waals surface area contributed by atoms with Gasteiger partial charge in [0.1, 0.15) is 10.6 Å². The lowest BCUT2D eigenvalue weighted by molar-refractivity contribution is -0.113. The Labute approximate surface area is 181 Å². The van der Waals surface area contributed by atoms with Gasteiger partial charge in [-0.1, -0.05) is 11.8 Å². The average Bonchev–Trinajstić information content (AvgIpc) is 3.28. The molecule has 1 amide bonds. The number of amides is 1. The number of carbonyl (C=O) groups excluding carboxylic acids is 1. The first kappa shape index (κ1) is 20.2. The zero-order chi connectivity index (χ0) is 21.1. The number of benzene rings is 1. The number of hydrogen-bond donors (Lipinski definition) is 2. The fraction of sp³-hybridized carbons (Fsp3) is 0.200. The van der Waals surface area contributed by atoms with E-state index < -0.39 is 0 Å². The van der Waals surface area contributed by atoms with Gasteiger partial charge in [0.25, 0.3) is 0 Å². The Hall–Kier alpha value is -3.11. The zero-order valence-corrected chi connectivity index (χ0v) is 18.1. The van der Waals surface area contributed by atoms with E-state index in [-0.39, 0.29) is 11.7 Å². The number of hydrogen-bond acceptors (Lipinski definition) is 8. The summed E-state index contributed by atoms with van der Waals surface area (Å²) >= 11 is 2.79. The molecule has 0 unspecified atom stereocenters. The summed E-state index contributed by atoms with van der Waals surface area (Å²) in [7, 11) is 1.86. The van der Waals surface area contributed by atoms with Gasteiger partial charge in [-0.3, -0.25) is 4.79 Å². The van der Waals surface area contributed by atoms with Crippen LogP contribution in [0.25, 0.3) is 20.9 Å². The summed E-state index contributed by atoms with van der Waals surface area (Å²) in [5.41, 5.74) is 7.65. The second-order valence-electron chi connectivity index (χ2n) is 6.36. The van der Waals surface area contributed by atoms with Crippen molar-refractivity contribution in [2.75, 3.05) is 23.4 Å². The molecule has 0 bridgehead atoms. The topological polar surface area (TPSA) is 108 Å². The molecule has 3 N–H and O–H groups in total. The molecule has 0 aliphatic rings. The quantitative estimate of drug-likeness (QED) is 0.421. The number of fused-ring (bicyclic) bond motifs is 1. The van der Waals surface area contributed by atoms with Crippen LogP contribution in [0.4, 0.5) is 11.4 Å². The predicted molar refractivity (Wildman–Crippen MR) is 121 cm³/mol. The van der Waals surface area contributed by atoms with E-state index in [9.17, 15) is 4.79 Å². The Kier molecular flexibility index (Phi) is 5.86. The van der Waals surface area contributed by atoms with E-state index in [2.05, 4.69) is 20.5 Å². The molecule has 0 saturated heterocycles. The van der Waals surface area contributed by atoms with Crippen molar-refractivity contribution in [1.82, 2.24) is 19.7 Å². The molecular formula is C20H20N6O2S2. The average molecular weight is 441 g/mol. The van der Waals surface area contributed by atoms with Gasteiger partial charge >= 0.3 is 0 Å². The predicted octanol–water partition coefficient (Wildman–Crippen LogP) is 3.80. The first-order valence-corrected chi connectivity index (χ1v) is 11.0. The molecule has 3 heterocycles. The minimum absolute atomic E-state index is 0.126. The maximum atomic E-state index is 12.3. The number of nitrogens with two attached hydrogens (primary N) is 1. The van der Waals surface area contributed by atoms with E-state index in [1.165, 1.54) is 23.1 Å². The Bertz CT molecular complexity index is 1190. The van der Waals surface area contributed by atoms with Gasteiger partial charge in [-0.2, -0.15) is 0 Å². The summed E-state index contributed by atoms with van der Waals surface area (Å²) in [4.78, 5) is 18.3. The monoisotopic (exact) mass is 440 g/mol. The fourth-order valence-corrected chi connectivity index (χ4v) is 4.68. The molecule has 0 fully saturated rings. The summed E-state index contributed by atoms with van der Waals surface area (Å²) < 4.78 is 7.25. The van der Waals surface area contributed by atoms with Gasteiger partial charge in [-0.05, 0) is 43.3 Å². The van der Waals surface area contributed by atoms with Crippen LogP contribution in [-0.4, -0.2) is 38.0 Å². The summed E-state index contributed by atoms with van der Waals surface area (Å²) in [6.07, 6.45) is 1.74. The number of aromatic nitrogens is 4. The van der Waals surface area contributed by atoms with Crippen LogP contribution in [0.3, 0.4) is 0 Å². The summed E-state index contributed by atoms with van der Waals surface area (Å²) in [5.74, 6) is 1.51. The van der Waals surface area contributed by atoms with Crippen LogP contribution in [0.1, 0.15) is 6.92 Å². The third-order valence-corrected chi connectivity index (χ3v) is 6.47. The van der Waals surface area contributed by atoms with Gasteiger partial charge in [-0.25, -0.2) is 4.98 Å². The molecule has 0 atom stereocenters. The largest absolute Gasteiger partial charge is 0.494 e. The third kappa shape index (κ3) is 4.10. The first-order valence-electron chi connectivity index (χ1n) is 9.25. The number of thiophene rings is 1. The van der Waals surface area contributed by atoms with E-state index >= 15 is 0 Å². The number of ether oxygens (including phenoxy) is 1. The second-order valence-corrected chi connectivity index (χ2v) is 8.30. The van der Waals surface area contributed by atoms with Crippen molar-refractivity contribution in [3.8, 4) is 16.5 Å². The van der Waals surface area contributed by atoms with Crippen LogP contribution in [0.15, 0.2) is 47.8 Å². The van der Waals surface area contributed by atoms with Crippen LogP contribution < -0.4 is 15.8 Å². The Morgan fingerprint density at radius 1 is 1.27 bits per heavy atom. The van der Waals surface area contributed by atoms with Crippen molar-refractivity contribution in [2.24, 2.45) is 7.05 Å². The van der Waals surface area contributed by atoms with Crippen LogP contribution in [-0.2, 0) is 11.8 Å². The van der Waals surface area contributed by atoms with Gasteiger partial charge in [0.15, 0.2) is 11.0 Å². The van der Waals surface area contributed by atoms with Crippen molar-refractivity contribution in [3.63, 3.8) is 0 Å². The number of nitrogens with zero attached hydrogens (tertiary/aromatic N) is 4. The van der Waals surface area contributed by atoms with E-state index in [0.717, 1.165) is 20.8 Å². The highest BCUT2D eigenvalue weighted by Crippen LogP contribution is 2.39. The van der Waals surface area contributed by atoms with Crippen molar-refractivity contribution < 1.29 is 9.53 Å². The van der Waals surface area contributed by atoms with E-state index in [0.29, 0.717) is 29.0 Å². The lowest BCUT2D eigenvalue weighted by Crippen LogP contribution is -2.14. The zero-order valence-electron chi connectivity index (χ0n) is 16.5. The number of rotatable bonds is 7. The van der Waals surface area contributed by atoms with Gasteiger partial charge in [0, 0.05) is 24.3 Å². The molecule has 1 aromatic carbocycles. The number of nitrogen functional groups attached to an aromatic ring is 1. The molecule has 154 valence electrons. The Balaban J connectivity index is 1.42. The number of nitrogens with one attached hydrogen (secondary N) is 1. The van der Waals surface area contributed by atoms with Crippen LogP contribution >= 0.6 is 23.1 Å². The van der Waals surface area contributed by atoms with Gasteiger partial charge < -0.3 is 20.4 Å². The molecule has 0 aliphatic carbocycles. The molecule has 3 aromatic heterocycles. The molecule has 30 heavy (non-hydrogen) atoms. The van der Waals surface area contributed by atoms with E-state index in [1.807, 2.05) is 54.9 Å². The van der Waals surface area contributed by atoms with Crippen molar-refractivity contribution in [3.05, 3.63) is 42.6 Å². The van der Waals surface area contributed by atoms with Gasteiger partial charge in [0.05, 0.1) is 22.9 Å². The molecule has 0 spiro atoms. The molecular weight excluding hydrogens is 420 g/mol. The molecule has 0 radical (unpaired) electrons. The third-order valence-electron chi connectivity index (χ3n) is 4.32. The number of thioether (sulfide) groups is 1. The molecule has 10 heteroatoms.